The van der Waals surface area contributed by atoms with Gasteiger partial charge in [0.2, 0.25) is 0 Å². The number of ether oxygens (including phenoxy) is 3. The highest BCUT2D eigenvalue weighted by Gasteiger charge is 2.30. The summed E-state index contributed by atoms with van der Waals surface area (Å²) in [6.45, 7) is 9.56. The van der Waals surface area contributed by atoms with Crippen LogP contribution in [0.25, 0.3) is 10.8 Å². The summed E-state index contributed by atoms with van der Waals surface area (Å²) >= 11 is 0. The number of hydrogen-bond acceptors (Lipinski definition) is 5. The van der Waals surface area contributed by atoms with E-state index in [1.165, 1.54) is 12.7 Å². The van der Waals surface area contributed by atoms with E-state index in [0.717, 1.165) is 54.0 Å². The molecule has 3 rings (SSSR count). The number of esters is 1. The van der Waals surface area contributed by atoms with Crippen molar-refractivity contribution in [3.63, 3.8) is 0 Å². The summed E-state index contributed by atoms with van der Waals surface area (Å²) in [5.74, 6) is 1.04. The van der Waals surface area contributed by atoms with E-state index < -0.39 is 12.1 Å². The molecule has 31 heavy (non-hydrogen) atoms. The van der Waals surface area contributed by atoms with Gasteiger partial charge in [-0.05, 0) is 58.8 Å². The number of allylic oxidation sites excluding steroid dienone is 2. The Hall–Kier alpha value is -3.08. The van der Waals surface area contributed by atoms with E-state index in [9.17, 15) is 9.59 Å². The third kappa shape index (κ3) is 5.16. The monoisotopic (exact) mass is 422 g/mol. The Kier molecular flexibility index (Phi) is 7.16. The van der Waals surface area contributed by atoms with Crippen molar-refractivity contribution in [2.24, 2.45) is 5.92 Å². The number of carbonyl (C=O) groups is 2. The van der Waals surface area contributed by atoms with E-state index in [4.69, 9.17) is 14.2 Å². The Morgan fingerprint density at radius 3 is 2.29 bits per heavy atom. The number of fused-ring (bicyclic) bond motifs is 2. The van der Waals surface area contributed by atoms with Crippen LogP contribution in [-0.2, 0) is 22.4 Å². The Labute approximate surface area is 183 Å². The molecule has 1 aliphatic rings. The standard InChI is InChI=1S/C26H30O5/c1-16(2)9-8-10-18-13-14-21-22(15-18)24(30-25(27)17(3)4)20-12-7-6-11-19(20)23(21)31-26(28)29-5/h6-7,9,11-12,18H,3,8,10,13-15H2,1-2,4-5H3. The molecular formula is C26H30O5. The zero-order valence-corrected chi connectivity index (χ0v) is 18.7. The fourth-order valence-corrected chi connectivity index (χ4v) is 4.09. The van der Waals surface area contributed by atoms with Crippen molar-refractivity contribution in [2.45, 2.75) is 52.9 Å². The molecule has 2 aromatic rings. The van der Waals surface area contributed by atoms with Gasteiger partial charge in [0.05, 0.1) is 7.11 Å². The molecule has 1 unspecified atom stereocenters. The van der Waals surface area contributed by atoms with Crippen LogP contribution in [0.1, 0.15) is 51.2 Å². The maximum absolute atomic E-state index is 12.4. The van der Waals surface area contributed by atoms with Crippen LogP contribution in [0.5, 0.6) is 11.5 Å². The van der Waals surface area contributed by atoms with Gasteiger partial charge >= 0.3 is 12.1 Å². The van der Waals surface area contributed by atoms with E-state index in [1.807, 2.05) is 24.3 Å². The lowest BCUT2D eigenvalue weighted by molar-refractivity contribution is -0.130. The first-order chi connectivity index (χ1) is 14.8. The van der Waals surface area contributed by atoms with Gasteiger partial charge in [-0.1, -0.05) is 42.5 Å². The topological polar surface area (TPSA) is 61.8 Å². The van der Waals surface area contributed by atoms with Crippen LogP contribution in [0.4, 0.5) is 4.79 Å². The van der Waals surface area contributed by atoms with E-state index in [0.29, 0.717) is 23.0 Å². The molecule has 164 valence electrons. The zero-order chi connectivity index (χ0) is 22.5. The lowest BCUT2D eigenvalue weighted by atomic mass is 9.79. The van der Waals surface area contributed by atoms with Gasteiger partial charge in [-0.25, -0.2) is 9.59 Å². The second kappa shape index (κ2) is 9.82. The van der Waals surface area contributed by atoms with Gasteiger partial charge < -0.3 is 14.2 Å². The molecule has 0 fully saturated rings. The molecule has 0 saturated heterocycles. The van der Waals surface area contributed by atoms with Gasteiger partial charge in [0.1, 0.15) is 11.5 Å². The summed E-state index contributed by atoms with van der Waals surface area (Å²) < 4.78 is 16.2. The highest BCUT2D eigenvalue weighted by molar-refractivity contribution is 6.00. The molecule has 2 aromatic carbocycles. The molecule has 0 aromatic heterocycles. The summed E-state index contributed by atoms with van der Waals surface area (Å²) in [7, 11) is 1.29. The van der Waals surface area contributed by atoms with Gasteiger partial charge in [0, 0.05) is 27.5 Å². The summed E-state index contributed by atoms with van der Waals surface area (Å²) in [5.41, 5.74) is 3.49. The molecule has 1 aliphatic carbocycles. The Morgan fingerprint density at radius 2 is 1.71 bits per heavy atom. The number of rotatable bonds is 6. The predicted molar refractivity (Wildman–Crippen MR) is 122 cm³/mol. The van der Waals surface area contributed by atoms with Crippen LogP contribution in [0, 0.1) is 5.92 Å². The third-order valence-corrected chi connectivity index (χ3v) is 5.65. The minimum atomic E-state index is -0.760. The van der Waals surface area contributed by atoms with E-state index in [-0.39, 0.29) is 0 Å². The van der Waals surface area contributed by atoms with Gasteiger partial charge in [-0.15, -0.1) is 0 Å². The first-order valence-electron chi connectivity index (χ1n) is 10.6. The van der Waals surface area contributed by atoms with Crippen molar-refractivity contribution in [3.05, 3.63) is 59.2 Å². The summed E-state index contributed by atoms with van der Waals surface area (Å²) in [5, 5.41) is 1.46. The largest absolute Gasteiger partial charge is 0.513 e. The van der Waals surface area contributed by atoms with Crippen LogP contribution in [0.3, 0.4) is 0 Å². The summed E-state index contributed by atoms with van der Waals surface area (Å²) in [6.07, 6.45) is 6.04. The fourth-order valence-electron chi connectivity index (χ4n) is 4.09. The van der Waals surface area contributed by atoms with Gasteiger partial charge in [-0.3, -0.25) is 0 Å². The van der Waals surface area contributed by atoms with Crippen molar-refractivity contribution in [2.75, 3.05) is 7.11 Å². The van der Waals surface area contributed by atoms with Gasteiger partial charge in [0.25, 0.3) is 0 Å². The van der Waals surface area contributed by atoms with Crippen molar-refractivity contribution in [3.8, 4) is 11.5 Å². The first kappa shape index (κ1) is 22.6. The van der Waals surface area contributed by atoms with E-state index in [1.54, 1.807) is 6.92 Å². The second-order valence-corrected chi connectivity index (χ2v) is 8.35. The van der Waals surface area contributed by atoms with Crippen LogP contribution in [-0.4, -0.2) is 19.2 Å². The second-order valence-electron chi connectivity index (χ2n) is 8.35. The summed E-state index contributed by atoms with van der Waals surface area (Å²) in [4.78, 5) is 24.4. The zero-order valence-electron chi connectivity index (χ0n) is 18.7. The number of methoxy groups -OCH3 is 1. The molecule has 0 heterocycles. The van der Waals surface area contributed by atoms with Crippen LogP contribution in [0.2, 0.25) is 0 Å². The van der Waals surface area contributed by atoms with Crippen LogP contribution in [0.15, 0.2) is 48.1 Å². The molecule has 5 nitrogen and oxygen atoms in total. The highest BCUT2D eigenvalue weighted by Crippen LogP contribution is 2.46. The maximum Gasteiger partial charge on any atom is 0.513 e. The molecule has 0 amide bonds. The quantitative estimate of drug-likeness (QED) is 0.179. The minimum absolute atomic E-state index is 0.337. The fraction of sp³-hybridized carbons (Fsp3) is 0.385. The number of carbonyl (C=O) groups excluding carboxylic acids is 2. The first-order valence-corrected chi connectivity index (χ1v) is 10.6. The van der Waals surface area contributed by atoms with E-state index >= 15 is 0 Å². The minimum Gasteiger partial charge on any atom is -0.437 e. The lowest BCUT2D eigenvalue weighted by Crippen LogP contribution is -2.20. The molecule has 0 aliphatic heterocycles. The predicted octanol–water partition coefficient (Wildman–Crippen LogP) is 6.32. The molecule has 0 N–H and O–H groups in total. The Bertz CT molecular complexity index is 1040. The van der Waals surface area contributed by atoms with Crippen molar-refractivity contribution in [1.29, 1.82) is 0 Å². The lowest BCUT2D eigenvalue weighted by Gasteiger charge is -2.29. The van der Waals surface area contributed by atoms with Gasteiger partial charge in [0.15, 0.2) is 0 Å². The average Bonchev–Trinajstić information content (AvgIpc) is 2.75. The molecule has 0 spiro atoms. The SMILES string of the molecule is C=C(C)C(=O)Oc1c2c(c(OC(=O)OC)c3ccccc13)CCC(CCC=C(C)C)C2. The molecule has 0 bridgehead atoms. The number of hydrogen-bond donors (Lipinski definition) is 0. The Balaban J connectivity index is 2.12. The highest BCUT2D eigenvalue weighted by atomic mass is 16.7. The Morgan fingerprint density at radius 1 is 1.06 bits per heavy atom. The summed E-state index contributed by atoms with van der Waals surface area (Å²) in [6, 6.07) is 7.50. The molecule has 5 heteroatoms. The molecule has 0 saturated carbocycles. The molecular weight excluding hydrogens is 392 g/mol. The average molecular weight is 423 g/mol. The van der Waals surface area contributed by atoms with Gasteiger partial charge in [-0.2, -0.15) is 0 Å². The van der Waals surface area contributed by atoms with Crippen molar-refractivity contribution < 1.29 is 23.8 Å². The number of benzene rings is 2. The van der Waals surface area contributed by atoms with E-state index in [2.05, 4.69) is 26.5 Å². The molecule has 0 radical (unpaired) electrons. The smallest absolute Gasteiger partial charge is 0.437 e. The normalized spacial score (nSPS) is 15.0. The van der Waals surface area contributed by atoms with Crippen molar-refractivity contribution in [1.82, 2.24) is 0 Å². The third-order valence-electron chi connectivity index (χ3n) is 5.65. The van der Waals surface area contributed by atoms with Crippen LogP contribution < -0.4 is 9.47 Å². The maximum atomic E-state index is 12.4. The van der Waals surface area contributed by atoms with Crippen LogP contribution >= 0.6 is 0 Å². The van der Waals surface area contributed by atoms with Crippen molar-refractivity contribution >= 4 is 22.9 Å². The molecule has 1 atom stereocenters.